The van der Waals surface area contributed by atoms with Gasteiger partial charge in [-0.05, 0) is 35.2 Å². The molecule has 6 heteroatoms. The first-order valence-electron chi connectivity index (χ1n) is 5.93. The summed E-state index contributed by atoms with van der Waals surface area (Å²) >= 11 is 4.32. The number of aromatic carboxylic acids is 1. The van der Waals surface area contributed by atoms with Crippen molar-refractivity contribution in [2.45, 2.75) is 19.8 Å². The fourth-order valence-electron chi connectivity index (χ4n) is 2.09. The number of benzene rings is 1. The average Bonchev–Trinajstić information content (AvgIpc) is 2.65. The molecule has 0 aliphatic carbocycles. The van der Waals surface area contributed by atoms with E-state index in [2.05, 4.69) is 15.9 Å². The number of halogens is 2. The summed E-state index contributed by atoms with van der Waals surface area (Å²) in [5.74, 6) is -1.39. The number of rotatable bonds is 3. The number of carboxylic acid groups (broad SMARTS) is 1. The van der Waals surface area contributed by atoms with E-state index in [4.69, 9.17) is 5.73 Å². The van der Waals surface area contributed by atoms with E-state index < -0.39 is 5.97 Å². The summed E-state index contributed by atoms with van der Waals surface area (Å²) in [6.45, 7) is 3.86. The number of hydrogen-bond acceptors (Lipinski definition) is 3. The summed E-state index contributed by atoms with van der Waals surface area (Å²) in [6.07, 6.45) is 0. The van der Waals surface area contributed by atoms with E-state index >= 15 is 0 Å². The van der Waals surface area contributed by atoms with Gasteiger partial charge in [0.25, 0.3) is 0 Å². The molecule has 1 aromatic carbocycles. The highest BCUT2D eigenvalue weighted by Crippen LogP contribution is 2.43. The minimum absolute atomic E-state index is 0.0522. The number of carbonyl (C=O) groups is 1. The average molecular weight is 358 g/mol. The summed E-state index contributed by atoms with van der Waals surface area (Å²) in [5, 5.41) is 9.19. The molecule has 0 aliphatic rings. The first-order valence-corrected chi connectivity index (χ1v) is 7.54. The first kappa shape index (κ1) is 15.0. The van der Waals surface area contributed by atoms with Crippen LogP contribution in [-0.4, -0.2) is 11.1 Å². The summed E-state index contributed by atoms with van der Waals surface area (Å²) in [4.78, 5) is 12.0. The maximum Gasteiger partial charge on any atom is 0.348 e. The second-order valence-corrected chi connectivity index (χ2v) is 6.64. The van der Waals surface area contributed by atoms with Gasteiger partial charge in [0.2, 0.25) is 0 Å². The van der Waals surface area contributed by atoms with E-state index in [0.717, 1.165) is 16.9 Å². The molecule has 1 heterocycles. The van der Waals surface area contributed by atoms with Crippen LogP contribution in [0.4, 0.5) is 10.1 Å². The molecule has 0 atom stereocenters. The van der Waals surface area contributed by atoms with Gasteiger partial charge in [0.1, 0.15) is 10.7 Å². The van der Waals surface area contributed by atoms with Gasteiger partial charge in [0, 0.05) is 9.35 Å². The predicted octanol–water partition coefficient (Wildman–Crippen LogP) is 4.72. The second kappa shape index (κ2) is 5.54. The van der Waals surface area contributed by atoms with Gasteiger partial charge in [-0.1, -0.05) is 29.8 Å². The van der Waals surface area contributed by atoms with Gasteiger partial charge in [-0.3, -0.25) is 0 Å². The molecule has 0 amide bonds. The van der Waals surface area contributed by atoms with Crippen LogP contribution in [0.15, 0.2) is 22.7 Å². The Morgan fingerprint density at radius 3 is 2.55 bits per heavy atom. The summed E-state index contributed by atoms with van der Waals surface area (Å²) in [5.41, 5.74) is 7.60. The van der Waals surface area contributed by atoms with Crippen molar-refractivity contribution in [1.29, 1.82) is 0 Å². The van der Waals surface area contributed by atoms with Gasteiger partial charge in [-0.2, -0.15) is 0 Å². The second-order valence-electron chi connectivity index (χ2n) is 4.71. The Bertz CT molecular complexity index is 662. The molecule has 1 aromatic heterocycles. The standard InChI is InChI=1S/C14H13BrFNO2S/c1-6(2)10-11(17)13(14(18)19)20-12(10)7-3-8(15)5-9(16)4-7/h3-6H,17H2,1-2H3,(H,18,19). The highest BCUT2D eigenvalue weighted by Gasteiger charge is 2.23. The van der Waals surface area contributed by atoms with E-state index in [0.29, 0.717) is 14.9 Å². The molecule has 106 valence electrons. The molecule has 0 aliphatic heterocycles. The van der Waals surface area contributed by atoms with Crippen LogP contribution in [0.1, 0.15) is 35.0 Å². The van der Waals surface area contributed by atoms with Crippen LogP contribution in [0.25, 0.3) is 10.4 Å². The van der Waals surface area contributed by atoms with Gasteiger partial charge in [-0.25, -0.2) is 9.18 Å². The molecule has 2 aromatic rings. The molecule has 0 saturated carbocycles. The largest absolute Gasteiger partial charge is 0.477 e. The zero-order valence-electron chi connectivity index (χ0n) is 10.9. The van der Waals surface area contributed by atoms with E-state index in [1.807, 2.05) is 13.8 Å². The number of hydrogen-bond donors (Lipinski definition) is 2. The molecule has 20 heavy (non-hydrogen) atoms. The monoisotopic (exact) mass is 357 g/mol. The van der Waals surface area contributed by atoms with Crippen molar-refractivity contribution < 1.29 is 14.3 Å². The van der Waals surface area contributed by atoms with Crippen LogP contribution in [0.2, 0.25) is 0 Å². The highest BCUT2D eigenvalue weighted by molar-refractivity contribution is 9.10. The Kier molecular flexibility index (Phi) is 4.15. The molecule has 3 nitrogen and oxygen atoms in total. The Balaban J connectivity index is 2.72. The van der Waals surface area contributed by atoms with Crippen molar-refractivity contribution >= 4 is 38.9 Å². The number of carboxylic acids is 1. The minimum Gasteiger partial charge on any atom is -0.477 e. The van der Waals surface area contributed by atoms with Crippen LogP contribution in [0.5, 0.6) is 0 Å². The number of nitrogens with two attached hydrogens (primary N) is 1. The Labute approximate surface area is 128 Å². The van der Waals surface area contributed by atoms with Crippen molar-refractivity contribution in [3.05, 3.63) is 38.9 Å². The quantitative estimate of drug-likeness (QED) is 0.835. The molecule has 0 bridgehead atoms. The molecule has 0 fully saturated rings. The molecule has 0 radical (unpaired) electrons. The van der Waals surface area contributed by atoms with Crippen LogP contribution >= 0.6 is 27.3 Å². The van der Waals surface area contributed by atoms with Crippen LogP contribution in [-0.2, 0) is 0 Å². The first-order chi connectivity index (χ1) is 9.31. The number of anilines is 1. The van der Waals surface area contributed by atoms with E-state index in [1.54, 1.807) is 6.07 Å². The molecule has 0 unspecified atom stereocenters. The Hall–Kier alpha value is -1.40. The topological polar surface area (TPSA) is 63.3 Å². The zero-order chi connectivity index (χ0) is 15.0. The molecule has 0 spiro atoms. The highest BCUT2D eigenvalue weighted by atomic mass is 79.9. The molecular formula is C14H13BrFNO2S. The smallest absolute Gasteiger partial charge is 0.348 e. The Morgan fingerprint density at radius 1 is 1.40 bits per heavy atom. The normalized spacial score (nSPS) is 11.1. The summed E-state index contributed by atoms with van der Waals surface area (Å²) in [7, 11) is 0. The molecule has 2 rings (SSSR count). The van der Waals surface area contributed by atoms with Crippen molar-refractivity contribution in [3.8, 4) is 10.4 Å². The van der Waals surface area contributed by atoms with Crippen molar-refractivity contribution in [1.82, 2.24) is 0 Å². The van der Waals surface area contributed by atoms with Gasteiger partial charge >= 0.3 is 5.97 Å². The van der Waals surface area contributed by atoms with Gasteiger partial charge in [-0.15, -0.1) is 11.3 Å². The maximum absolute atomic E-state index is 13.5. The minimum atomic E-state index is -1.06. The van der Waals surface area contributed by atoms with E-state index in [1.165, 1.54) is 12.1 Å². The van der Waals surface area contributed by atoms with Gasteiger partial charge in [0.05, 0.1) is 5.69 Å². The SMILES string of the molecule is CC(C)c1c(-c2cc(F)cc(Br)c2)sc(C(=O)O)c1N. The maximum atomic E-state index is 13.5. The van der Waals surface area contributed by atoms with Crippen LogP contribution < -0.4 is 5.73 Å². The van der Waals surface area contributed by atoms with Crippen molar-refractivity contribution in [3.63, 3.8) is 0 Å². The Morgan fingerprint density at radius 2 is 2.05 bits per heavy atom. The lowest BCUT2D eigenvalue weighted by atomic mass is 9.98. The van der Waals surface area contributed by atoms with E-state index in [9.17, 15) is 14.3 Å². The lowest BCUT2D eigenvalue weighted by Crippen LogP contribution is -2.00. The number of thiophene rings is 1. The van der Waals surface area contributed by atoms with Crippen molar-refractivity contribution in [2.75, 3.05) is 5.73 Å². The fourth-order valence-corrected chi connectivity index (χ4v) is 3.76. The predicted molar refractivity (Wildman–Crippen MR) is 82.9 cm³/mol. The summed E-state index contributed by atoms with van der Waals surface area (Å²) < 4.78 is 14.1. The van der Waals surface area contributed by atoms with Crippen LogP contribution in [0, 0.1) is 5.82 Å². The summed E-state index contributed by atoms with van der Waals surface area (Å²) in [6, 6.07) is 4.49. The third-order valence-electron chi connectivity index (χ3n) is 2.88. The fraction of sp³-hybridized carbons (Fsp3) is 0.214. The van der Waals surface area contributed by atoms with Gasteiger partial charge in [0.15, 0.2) is 0 Å². The lowest BCUT2D eigenvalue weighted by Gasteiger charge is -2.09. The lowest BCUT2D eigenvalue weighted by molar-refractivity contribution is 0.0703. The third kappa shape index (κ3) is 2.71. The molecular weight excluding hydrogens is 345 g/mol. The number of nitrogen functional groups attached to an aromatic ring is 1. The van der Waals surface area contributed by atoms with Crippen molar-refractivity contribution in [2.24, 2.45) is 0 Å². The zero-order valence-corrected chi connectivity index (χ0v) is 13.3. The van der Waals surface area contributed by atoms with E-state index in [-0.39, 0.29) is 22.3 Å². The third-order valence-corrected chi connectivity index (χ3v) is 4.60. The molecule has 3 N–H and O–H groups in total. The van der Waals surface area contributed by atoms with Gasteiger partial charge < -0.3 is 10.8 Å². The van der Waals surface area contributed by atoms with Crippen LogP contribution in [0.3, 0.4) is 0 Å². The molecule has 0 saturated heterocycles.